The number of alkyl halides is 3. The minimum absolute atomic E-state index is 0.0580. The molecule has 1 unspecified atom stereocenters. The number of aromatic nitrogens is 4. The topological polar surface area (TPSA) is 174 Å². The number of pyridine rings is 1. The van der Waals surface area contributed by atoms with E-state index >= 15 is 0 Å². The number of rotatable bonds is 7. The Morgan fingerprint density at radius 3 is 2.45 bits per heavy atom. The summed E-state index contributed by atoms with van der Waals surface area (Å²) in [7, 11) is 0. The molecule has 1 atom stereocenters. The van der Waals surface area contributed by atoms with Crippen LogP contribution >= 0.6 is 11.3 Å². The van der Waals surface area contributed by atoms with E-state index in [1.54, 1.807) is 6.92 Å². The Bertz CT molecular complexity index is 1410. The number of aliphatic hydroxyl groups excluding tert-OH is 1. The minimum Gasteiger partial charge on any atom is -0.506 e. The average molecular weight is 581 g/mol. The van der Waals surface area contributed by atoms with Crippen molar-refractivity contribution in [3.63, 3.8) is 0 Å². The number of piperazine rings is 1. The van der Waals surface area contributed by atoms with Crippen molar-refractivity contribution in [1.82, 2.24) is 30.2 Å². The summed E-state index contributed by atoms with van der Waals surface area (Å²) in [4.78, 5) is 56.4. The number of hydrogen-bond donors (Lipinski definition) is 4. The molecule has 3 aromatic heterocycles. The Morgan fingerprint density at radius 1 is 1.05 bits per heavy atom. The van der Waals surface area contributed by atoms with Gasteiger partial charge in [0.15, 0.2) is 0 Å². The highest BCUT2D eigenvalue weighted by atomic mass is 32.1. The number of nitrogens with one attached hydrogen (secondary N) is 2. The quantitative estimate of drug-likeness (QED) is 0.320. The molecule has 13 nitrogen and oxygen atoms in total. The highest BCUT2D eigenvalue weighted by Gasteiger charge is 2.34. The fourth-order valence-corrected chi connectivity index (χ4v) is 4.59. The number of nitrogens with zero attached hydrogens (tertiary/aromatic N) is 6. The lowest BCUT2D eigenvalue weighted by molar-refractivity contribution is -0.138. The maximum atomic E-state index is 13.0. The lowest BCUT2D eigenvalue weighted by Gasteiger charge is -2.35. The van der Waals surface area contributed by atoms with Gasteiger partial charge in [-0.1, -0.05) is 0 Å². The fourth-order valence-electron chi connectivity index (χ4n) is 3.78. The number of hydrogen-bond acceptors (Lipinski definition) is 11. The third kappa shape index (κ3) is 6.60. The number of amides is 3. The van der Waals surface area contributed by atoms with Crippen molar-refractivity contribution in [2.45, 2.75) is 19.1 Å². The number of aliphatic hydroxyl groups is 1. The summed E-state index contributed by atoms with van der Waals surface area (Å²) in [5.41, 5.74) is -1.26. The normalized spacial score (nSPS) is 14.5. The molecule has 0 aliphatic carbocycles. The zero-order valence-electron chi connectivity index (χ0n) is 20.8. The van der Waals surface area contributed by atoms with Gasteiger partial charge >= 0.3 is 6.18 Å². The standard InChI is InChI=1S/C23H23F3N8O5S/c1-12(22-28-9-16(40-22)21(39)32-17-6-13(23(24,25)26)15(36)8-27-17)31-20(38)14-7-18(30-11-29-14)33-2-4-34(5-3-33)19(37)10-35/h6-9,11-12,35-36H,2-5,10H2,1H3,(H,31,38)(H,27,32,39). The number of thiazole rings is 1. The van der Waals surface area contributed by atoms with Gasteiger partial charge < -0.3 is 30.6 Å². The third-order valence-corrected chi connectivity index (χ3v) is 7.05. The molecule has 4 heterocycles. The van der Waals surface area contributed by atoms with E-state index in [-0.39, 0.29) is 16.5 Å². The molecule has 0 saturated carbocycles. The van der Waals surface area contributed by atoms with E-state index in [2.05, 4.69) is 30.6 Å². The summed E-state index contributed by atoms with van der Waals surface area (Å²) < 4.78 is 39.0. The molecule has 1 fully saturated rings. The first kappa shape index (κ1) is 28.6. The second kappa shape index (κ2) is 11.8. The van der Waals surface area contributed by atoms with Crippen molar-refractivity contribution in [2.24, 2.45) is 0 Å². The Labute approximate surface area is 228 Å². The third-order valence-electron chi connectivity index (χ3n) is 5.87. The predicted octanol–water partition coefficient (Wildman–Crippen LogP) is 1.44. The molecule has 0 spiro atoms. The lowest BCUT2D eigenvalue weighted by atomic mass is 10.2. The molecule has 1 aliphatic heterocycles. The van der Waals surface area contributed by atoms with Crippen LogP contribution in [0, 0.1) is 0 Å². The lowest BCUT2D eigenvalue weighted by Crippen LogP contribution is -2.49. The molecular formula is C23H23F3N8O5S. The molecule has 40 heavy (non-hydrogen) atoms. The van der Waals surface area contributed by atoms with Crippen molar-refractivity contribution in [3.05, 3.63) is 52.0 Å². The molecule has 212 valence electrons. The molecule has 0 radical (unpaired) electrons. The van der Waals surface area contributed by atoms with Crippen molar-refractivity contribution >= 4 is 40.7 Å². The smallest absolute Gasteiger partial charge is 0.420 e. The molecule has 1 aliphatic rings. The maximum Gasteiger partial charge on any atom is 0.420 e. The highest BCUT2D eigenvalue weighted by Crippen LogP contribution is 2.36. The first-order valence-corrected chi connectivity index (χ1v) is 12.6. The Morgan fingerprint density at radius 2 is 1.77 bits per heavy atom. The van der Waals surface area contributed by atoms with Crippen LogP contribution in [0.1, 0.15) is 43.7 Å². The van der Waals surface area contributed by atoms with Crippen LogP contribution in [-0.4, -0.2) is 85.6 Å². The van der Waals surface area contributed by atoms with E-state index in [0.29, 0.717) is 49.3 Å². The molecule has 3 amide bonds. The Kier molecular flexibility index (Phi) is 8.43. The first-order chi connectivity index (χ1) is 19.0. The van der Waals surface area contributed by atoms with E-state index in [1.165, 1.54) is 23.5 Å². The van der Waals surface area contributed by atoms with Crippen molar-refractivity contribution in [1.29, 1.82) is 0 Å². The fraction of sp³-hybridized carbons (Fsp3) is 0.348. The summed E-state index contributed by atoms with van der Waals surface area (Å²) in [5, 5.41) is 23.7. The molecule has 1 saturated heterocycles. The van der Waals surface area contributed by atoms with Gasteiger partial charge in [-0.2, -0.15) is 13.2 Å². The monoisotopic (exact) mass is 580 g/mol. The Balaban J connectivity index is 1.37. The molecule has 0 bridgehead atoms. The SMILES string of the molecule is CC(NC(=O)c1cc(N2CCN(C(=O)CO)CC2)ncn1)c1ncc(C(=O)Nc2cc(C(F)(F)F)c(O)cn2)s1. The zero-order valence-corrected chi connectivity index (χ0v) is 21.7. The average Bonchev–Trinajstić information content (AvgIpc) is 3.44. The molecule has 0 aromatic carbocycles. The number of carbonyl (C=O) groups is 3. The molecule has 3 aromatic rings. The second-order valence-electron chi connectivity index (χ2n) is 8.58. The van der Waals surface area contributed by atoms with E-state index < -0.39 is 47.8 Å². The van der Waals surface area contributed by atoms with Crippen LogP contribution in [0.4, 0.5) is 24.8 Å². The van der Waals surface area contributed by atoms with Crippen LogP contribution in [0.3, 0.4) is 0 Å². The maximum absolute atomic E-state index is 13.0. The highest BCUT2D eigenvalue weighted by molar-refractivity contribution is 7.13. The summed E-state index contributed by atoms with van der Waals surface area (Å²) in [6.45, 7) is 2.79. The van der Waals surface area contributed by atoms with Crippen LogP contribution < -0.4 is 15.5 Å². The zero-order chi connectivity index (χ0) is 29.0. The van der Waals surface area contributed by atoms with Crippen molar-refractivity contribution < 1.29 is 37.8 Å². The van der Waals surface area contributed by atoms with Crippen LogP contribution in [-0.2, 0) is 11.0 Å². The van der Waals surface area contributed by atoms with Gasteiger partial charge in [0.25, 0.3) is 11.8 Å². The Hall–Kier alpha value is -4.38. The summed E-state index contributed by atoms with van der Waals surface area (Å²) in [5.74, 6) is -2.63. The number of carbonyl (C=O) groups excluding carboxylic acids is 3. The van der Waals surface area contributed by atoms with E-state index in [1.807, 2.05) is 4.90 Å². The summed E-state index contributed by atoms with van der Waals surface area (Å²) in [6.07, 6.45) is -1.79. The van der Waals surface area contributed by atoms with Crippen molar-refractivity contribution in [2.75, 3.05) is 43.0 Å². The van der Waals surface area contributed by atoms with Gasteiger partial charge in [0.1, 0.15) is 51.5 Å². The van der Waals surface area contributed by atoms with E-state index in [4.69, 9.17) is 5.11 Å². The number of anilines is 2. The molecule has 4 N–H and O–H groups in total. The van der Waals surface area contributed by atoms with Gasteiger partial charge in [-0.05, 0) is 13.0 Å². The van der Waals surface area contributed by atoms with Gasteiger partial charge in [-0.25, -0.2) is 19.9 Å². The molecule has 17 heteroatoms. The first-order valence-electron chi connectivity index (χ1n) is 11.8. The van der Waals surface area contributed by atoms with Gasteiger partial charge in [0, 0.05) is 32.2 Å². The molecule has 4 rings (SSSR count). The summed E-state index contributed by atoms with van der Waals surface area (Å²) >= 11 is 0.920. The largest absolute Gasteiger partial charge is 0.506 e. The minimum atomic E-state index is -4.84. The van der Waals surface area contributed by atoms with Gasteiger partial charge in [-0.15, -0.1) is 11.3 Å². The number of halogens is 3. The number of aromatic hydroxyl groups is 1. The van der Waals surface area contributed by atoms with Crippen LogP contribution in [0.25, 0.3) is 0 Å². The predicted molar refractivity (Wildman–Crippen MR) is 135 cm³/mol. The summed E-state index contributed by atoms with van der Waals surface area (Å²) in [6, 6.07) is 1.38. The van der Waals surface area contributed by atoms with Crippen LogP contribution in [0.5, 0.6) is 5.75 Å². The van der Waals surface area contributed by atoms with Gasteiger partial charge in [0.2, 0.25) is 5.91 Å². The second-order valence-corrected chi connectivity index (χ2v) is 9.65. The van der Waals surface area contributed by atoms with Crippen LogP contribution in [0.2, 0.25) is 0 Å². The van der Waals surface area contributed by atoms with E-state index in [9.17, 15) is 32.7 Å². The molecular weight excluding hydrogens is 557 g/mol. The van der Waals surface area contributed by atoms with E-state index in [0.717, 1.165) is 11.3 Å². The van der Waals surface area contributed by atoms with Crippen molar-refractivity contribution in [3.8, 4) is 5.75 Å². The van der Waals surface area contributed by atoms with Gasteiger partial charge in [0.05, 0.1) is 18.4 Å². The van der Waals surface area contributed by atoms with Crippen LogP contribution in [0.15, 0.2) is 30.9 Å². The van der Waals surface area contributed by atoms with Gasteiger partial charge in [-0.3, -0.25) is 14.4 Å².